The molecule has 4 nitrogen and oxygen atoms in total. The molecule has 2 N–H and O–H groups in total. The number of nitrogens with zero attached hydrogens (tertiary/aromatic N) is 1. The molecule has 0 aliphatic carbocycles. The Bertz CT molecular complexity index is 309. The number of aromatic nitrogens is 1. The van der Waals surface area contributed by atoms with Crippen LogP contribution in [0.2, 0.25) is 0 Å². The van der Waals surface area contributed by atoms with Crippen molar-refractivity contribution in [1.82, 2.24) is 4.98 Å². The SMILES string of the molecule is C=CCOC(=O)c1csc(CN)n1. The van der Waals surface area contributed by atoms with Gasteiger partial charge in [-0.15, -0.1) is 11.3 Å². The van der Waals surface area contributed by atoms with E-state index in [1.807, 2.05) is 0 Å². The average molecular weight is 198 g/mol. The van der Waals surface area contributed by atoms with Crippen LogP contribution in [0, 0.1) is 0 Å². The number of esters is 1. The molecule has 0 amide bonds. The van der Waals surface area contributed by atoms with Crippen LogP contribution in [0.3, 0.4) is 0 Å². The first-order valence-corrected chi connectivity index (χ1v) is 4.58. The van der Waals surface area contributed by atoms with Gasteiger partial charge >= 0.3 is 5.97 Å². The molecule has 1 rings (SSSR count). The smallest absolute Gasteiger partial charge is 0.358 e. The number of hydrogen-bond acceptors (Lipinski definition) is 5. The van der Waals surface area contributed by atoms with E-state index in [0.717, 1.165) is 5.01 Å². The lowest BCUT2D eigenvalue weighted by Crippen LogP contribution is -2.06. The zero-order chi connectivity index (χ0) is 9.68. The van der Waals surface area contributed by atoms with E-state index >= 15 is 0 Å². The molecule has 0 spiro atoms. The average Bonchev–Trinajstić information content (AvgIpc) is 2.62. The van der Waals surface area contributed by atoms with E-state index in [1.54, 1.807) is 5.38 Å². The molecule has 0 fully saturated rings. The first-order chi connectivity index (χ1) is 6.27. The highest BCUT2D eigenvalue weighted by Gasteiger charge is 2.10. The molecular formula is C8H10N2O2S. The summed E-state index contributed by atoms with van der Waals surface area (Å²) in [5.41, 5.74) is 5.66. The third-order valence-electron chi connectivity index (χ3n) is 1.27. The summed E-state index contributed by atoms with van der Waals surface area (Å²) >= 11 is 1.35. The van der Waals surface area contributed by atoms with Crippen molar-refractivity contribution < 1.29 is 9.53 Å². The summed E-state index contributed by atoms with van der Waals surface area (Å²) < 4.78 is 4.78. The largest absolute Gasteiger partial charge is 0.457 e. The highest BCUT2D eigenvalue weighted by Crippen LogP contribution is 2.09. The minimum absolute atomic E-state index is 0.203. The Morgan fingerprint density at radius 3 is 3.15 bits per heavy atom. The van der Waals surface area contributed by atoms with Crippen molar-refractivity contribution in [2.75, 3.05) is 6.61 Å². The van der Waals surface area contributed by atoms with Gasteiger partial charge in [-0.3, -0.25) is 0 Å². The van der Waals surface area contributed by atoms with Gasteiger partial charge in [0.15, 0.2) is 5.69 Å². The molecule has 0 radical (unpaired) electrons. The minimum atomic E-state index is -0.434. The van der Waals surface area contributed by atoms with E-state index in [-0.39, 0.29) is 6.61 Å². The molecule has 0 saturated carbocycles. The fourth-order valence-electron chi connectivity index (χ4n) is 0.707. The van der Waals surface area contributed by atoms with Crippen molar-refractivity contribution in [1.29, 1.82) is 0 Å². The molecule has 70 valence electrons. The van der Waals surface area contributed by atoms with E-state index in [2.05, 4.69) is 11.6 Å². The number of carbonyl (C=O) groups excluding carboxylic acids is 1. The van der Waals surface area contributed by atoms with Crippen molar-refractivity contribution in [3.63, 3.8) is 0 Å². The van der Waals surface area contributed by atoms with Crippen molar-refractivity contribution in [3.05, 3.63) is 28.7 Å². The van der Waals surface area contributed by atoms with Gasteiger partial charge in [0.05, 0.1) is 0 Å². The van der Waals surface area contributed by atoms with Crippen molar-refractivity contribution in [3.8, 4) is 0 Å². The van der Waals surface area contributed by atoms with Crippen LogP contribution in [0.25, 0.3) is 0 Å². The quantitative estimate of drug-likeness (QED) is 0.577. The Balaban J connectivity index is 2.60. The summed E-state index contributed by atoms with van der Waals surface area (Å²) in [6.07, 6.45) is 1.51. The standard InChI is InChI=1S/C8H10N2O2S/c1-2-3-12-8(11)6-5-13-7(4-9)10-6/h2,5H,1,3-4,9H2. The van der Waals surface area contributed by atoms with Crippen LogP contribution in [0.5, 0.6) is 0 Å². The van der Waals surface area contributed by atoms with Gasteiger partial charge in [-0.2, -0.15) is 0 Å². The molecule has 0 atom stereocenters. The second-order valence-electron chi connectivity index (χ2n) is 2.22. The van der Waals surface area contributed by atoms with E-state index in [0.29, 0.717) is 12.2 Å². The van der Waals surface area contributed by atoms with Crippen molar-refractivity contribution in [2.45, 2.75) is 6.54 Å². The lowest BCUT2D eigenvalue weighted by atomic mass is 10.5. The number of thiazole rings is 1. The van der Waals surface area contributed by atoms with Gasteiger partial charge in [0.2, 0.25) is 0 Å². The van der Waals surface area contributed by atoms with Crippen LogP contribution in [0.4, 0.5) is 0 Å². The first kappa shape index (κ1) is 9.88. The molecule has 1 aromatic heterocycles. The van der Waals surface area contributed by atoms with Crippen molar-refractivity contribution >= 4 is 17.3 Å². The first-order valence-electron chi connectivity index (χ1n) is 3.70. The lowest BCUT2D eigenvalue weighted by Gasteiger charge is -1.96. The predicted molar refractivity (Wildman–Crippen MR) is 50.5 cm³/mol. The van der Waals surface area contributed by atoms with Gasteiger partial charge in [0.1, 0.15) is 11.6 Å². The lowest BCUT2D eigenvalue weighted by molar-refractivity contribution is 0.0543. The van der Waals surface area contributed by atoms with Gasteiger partial charge in [0.25, 0.3) is 0 Å². The molecule has 0 aliphatic heterocycles. The summed E-state index contributed by atoms with van der Waals surface area (Å²) in [6.45, 7) is 3.98. The zero-order valence-corrected chi connectivity index (χ0v) is 7.84. The topological polar surface area (TPSA) is 65.2 Å². The van der Waals surface area contributed by atoms with Gasteiger partial charge in [0, 0.05) is 11.9 Å². The Labute approximate surface area is 80.0 Å². The molecule has 5 heteroatoms. The Morgan fingerprint density at radius 2 is 2.62 bits per heavy atom. The molecule has 0 unspecified atom stereocenters. The highest BCUT2D eigenvalue weighted by atomic mass is 32.1. The summed E-state index contributed by atoms with van der Waals surface area (Å²) in [5.74, 6) is -0.434. The van der Waals surface area contributed by atoms with Crippen LogP contribution >= 0.6 is 11.3 Å². The minimum Gasteiger partial charge on any atom is -0.457 e. The molecular weight excluding hydrogens is 188 g/mol. The number of nitrogens with two attached hydrogens (primary N) is 1. The maximum absolute atomic E-state index is 11.2. The molecule has 1 heterocycles. The van der Waals surface area contributed by atoms with E-state index in [1.165, 1.54) is 17.4 Å². The number of rotatable bonds is 4. The molecule has 13 heavy (non-hydrogen) atoms. The third-order valence-corrected chi connectivity index (χ3v) is 2.14. The molecule has 1 aromatic rings. The van der Waals surface area contributed by atoms with Gasteiger partial charge in [-0.05, 0) is 0 Å². The van der Waals surface area contributed by atoms with Gasteiger partial charge in [-0.1, -0.05) is 12.7 Å². The zero-order valence-electron chi connectivity index (χ0n) is 7.03. The third kappa shape index (κ3) is 2.64. The van der Waals surface area contributed by atoms with Crippen molar-refractivity contribution in [2.24, 2.45) is 5.73 Å². The van der Waals surface area contributed by atoms with Gasteiger partial charge < -0.3 is 10.5 Å². The van der Waals surface area contributed by atoms with Crippen LogP contribution in [0.15, 0.2) is 18.0 Å². The monoisotopic (exact) mass is 198 g/mol. The number of ether oxygens (including phenoxy) is 1. The van der Waals surface area contributed by atoms with E-state index in [4.69, 9.17) is 10.5 Å². The predicted octanol–water partition coefficient (Wildman–Crippen LogP) is 0.945. The van der Waals surface area contributed by atoms with Crippen LogP contribution < -0.4 is 5.73 Å². The summed E-state index contributed by atoms with van der Waals surface area (Å²) in [5, 5.41) is 2.36. The summed E-state index contributed by atoms with van der Waals surface area (Å²) in [7, 11) is 0. The fraction of sp³-hybridized carbons (Fsp3) is 0.250. The maximum atomic E-state index is 11.2. The normalized spacial score (nSPS) is 9.62. The Morgan fingerprint density at radius 1 is 1.85 bits per heavy atom. The van der Waals surface area contributed by atoms with Crippen LogP contribution in [0.1, 0.15) is 15.5 Å². The second-order valence-corrected chi connectivity index (χ2v) is 3.16. The Kier molecular flexibility index (Phi) is 3.60. The van der Waals surface area contributed by atoms with Crippen LogP contribution in [-0.2, 0) is 11.3 Å². The van der Waals surface area contributed by atoms with E-state index in [9.17, 15) is 4.79 Å². The fourth-order valence-corrected chi connectivity index (χ4v) is 1.35. The molecule has 0 aromatic carbocycles. The highest BCUT2D eigenvalue weighted by molar-refractivity contribution is 7.09. The Hall–Kier alpha value is -1.20. The van der Waals surface area contributed by atoms with Crippen LogP contribution in [-0.4, -0.2) is 17.6 Å². The van der Waals surface area contributed by atoms with Gasteiger partial charge in [-0.25, -0.2) is 9.78 Å². The molecule has 0 aliphatic rings. The number of hydrogen-bond donors (Lipinski definition) is 1. The molecule has 0 bridgehead atoms. The summed E-state index contributed by atoms with van der Waals surface area (Å²) in [4.78, 5) is 15.1. The second kappa shape index (κ2) is 4.74. The van der Waals surface area contributed by atoms with E-state index < -0.39 is 5.97 Å². The summed E-state index contributed by atoms with van der Waals surface area (Å²) in [6, 6.07) is 0. The maximum Gasteiger partial charge on any atom is 0.358 e. The molecule has 0 saturated heterocycles. The number of carbonyl (C=O) groups is 1.